The first-order chi connectivity index (χ1) is 9.68. The van der Waals surface area contributed by atoms with Crippen LogP contribution in [0.3, 0.4) is 0 Å². The lowest BCUT2D eigenvalue weighted by molar-refractivity contribution is -0.137. The van der Waals surface area contributed by atoms with Crippen LogP contribution in [0.15, 0.2) is 0 Å². The van der Waals surface area contributed by atoms with Crippen LogP contribution in [0.4, 0.5) is 0 Å². The molecule has 5 nitrogen and oxygen atoms in total. The van der Waals surface area contributed by atoms with Gasteiger partial charge in [0.25, 0.3) is 0 Å². The molecular weight excluding hydrogens is 260 g/mol. The molecule has 0 heterocycles. The minimum atomic E-state index is -0.663. The monoisotopic (exact) mass is 292 g/mol. The first-order valence-electron chi connectivity index (χ1n) is 7.58. The number of ether oxygens (including phenoxy) is 2. The summed E-state index contributed by atoms with van der Waals surface area (Å²) in [5, 5.41) is 16.6. The molecule has 0 aromatic carbocycles. The number of carbonyl (C=O) groups is 1. The number of rotatable bonds is 13. The molecule has 0 unspecified atom stereocenters. The maximum Gasteiger partial charge on any atom is 0.303 e. The van der Waals surface area contributed by atoms with E-state index in [1.165, 1.54) is 32.1 Å². The van der Waals surface area contributed by atoms with Crippen molar-refractivity contribution in [3.63, 3.8) is 0 Å². The molecule has 0 aromatic rings. The summed E-state index contributed by atoms with van der Waals surface area (Å²) in [5.74, 6) is -0.663. The van der Waals surface area contributed by atoms with Gasteiger partial charge in [-0.25, -0.2) is 0 Å². The first-order valence-corrected chi connectivity index (χ1v) is 7.58. The second kappa shape index (κ2) is 20.7. The number of aliphatic hydroxyl groups excluding tert-OH is 1. The minimum absolute atomic E-state index is 0.0870. The van der Waals surface area contributed by atoms with E-state index in [1.54, 1.807) is 7.11 Å². The zero-order valence-electron chi connectivity index (χ0n) is 13.1. The van der Waals surface area contributed by atoms with Crippen molar-refractivity contribution in [1.82, 2.24) is 0 Å². The molecular formula is C15H32O5. The highest BCUT2D eigenvalue weighted by atomic mass is 16.5. The SMILES string of the molecule is CCCCCCCCCC(=O)O.COCCOCCO. The molecule has 0 saturated carbocycles. The number of aliphatic hydroxyl groups is 1. The van der Waals surface area contributed by atoms with E-state index in [0.29, 0.717) is 26.2 Å². The average Bonchev–Trinajstić information content (AvgIpc) is 2.43. The summed E-state index contributed by atoms with van der Waals surface area (Å²) >= 11 is 0. The van der Waals surface area contributed by atoms with Crippen molar-refractivity contribution in [3.8, 4) is 0 Å². The van der Waals surface area contributed by atoms with Gasteiger partial charge >= 0.3 is 5.97 Å². The highest BCUT2D eigenvalue weighted by Crippen LogP contribution is 2.07. The number of methoxy groups -OCH3 is 1. The second-order valence-corrected chi connectivity index (χ2v) is 4.59. The van der Waals surface area contributed by atoms with Gasteiger partial charge in [-0.15, -0.1) is 0 Å². The third-order valence-corrected chi connectivity index (χ3v) is 2.66. The summed E-state index contributed by atoms with van der Waals surface area (Å²) in [6.45, 7) is 3.86. The number of aliphatic carboxylic acids is 1. The fourth-order valence-electron chi connectivity index (χ4n) is 1.54. The van der Waals surface area contributed by atoms with Crippen molar-refractivity contribution in [2.45, 2.75) is 58.3 Å². The van der Waals surface area contributed by atoms with Gasteiger partial charge in [0.2, 0.25) is 0 Å². The number of carboxylic acids is 1. The maximum absolute atomic E-state index is 10.1. The van der Waals surface area contributed by atoms with E-state index in [4.69, 9.17) is 14.9 Å². The van der Waals surface area contributed by atoms with Crippen molar-refractivity contribution in [2.24, 2.45) is 0 Å². The van der Waals surface area contributed by atoms with Gasteiger partial charge in [-0.3, -0.25) is 4.79 Å². The van der Waals surface area contributed by atoms with Crippen LogP contribution in [0.25, 0.3) is 0 Å². The molecule has 0 aliphatic carbocycles. The van der Waals surface area contributed by atoms with Gasteiger partial charge in [0.1, 0.15) is 0 Å². The van der Waals surface area contributed by atoms with Gasteiger partial charge in [0.15, 0.2) is 0 Å². The fraction of sp³-hybridized carbons (Fsp3) is 0.933. The molecule has 0 bridgehead atoms. The third-order valence-electron chi connectivity index (χ3n) is 2.66. The number of unbranched alkanes of at least 4 members (excludes halogenated alkanes) is 6. The second-order valence-electron chi connectivity index (χ2n) is 4.59. The van der Waals surface area contributed by atoms with Crippen LogP contribution in [0.2, 0.25) is 0 Å². The van der Waals surface area contributed by atoms with Gasteiger partial charge in [0, 0.05) is 13.5 Å². The Morgan fingerprint density at radius 3 is 2.05 bits per heavy atom. The summed E-state index contributed by atoms with van der Waals surface area (Å²) in [6, 6.07) is 0. The summed E-state index contributed by atoms with van der Waals surface area (Å²) < 4.78 is 9.53. The fourth-order valence-corrected chi connectivity index (χ4v) is 1.54. The summed E-state index contributed by atoms with van der Waals surface area (Å²) in [5.41, 5.74) is 0. The van der Waals surface area contributed by atoms with Crippen molar-refractivity contribution in [1.29, 1.82) is 0 Å². The van der Waals surface area contributed by atoms with E-state index in [0.717, 1.165) is 12.8 Å². The zero-order chi connectivity index (χ0) is 15.5. The Labute approximate surface area is 123 Å². The summed E-state index contributed by atoms with van der Waals surface area (Å²) in [7, 11) is 1.61. The molecule has 0 aliphatic heterocycles. The van der Waals surface area contributed by atoms with Crippen LogP contribution >= 0.6 is 0 Å². The van der Waals surface area contributed by atoms with E-state index >= 15 is 0 Å². The smallest absolute Gasteiger partial charge is 0.303 e. The first kappa shape index (κ1) is 21.6. The molecule has 0 fully saturated rings. The van der Waals surface area contributed by atoms with Crippen LogP contribution in [0.1, 0.15) is 58.3 Å². The lowest BCUT2D eigenvalue weighted by Gasteiger charge is -1.98. The summed E-state index contributed by atoms with van der Waals surface area (Å²) in [6.07, 6.45) is 8.64. The van der Waals surface area contributed by atoms with Crippen LogP contribution in [-0.2, 0) is 14.3 Å². The highest BCUT2D eigenvalue weighted by molar-refractivity contribution is 5.66. The topological polar surface area (TPSA) is 76.0 Å². The molecule has 0 rings (SSSR count). The highest BCUT2D eigenvalue weighted by Gasteiger charge is 1.95. The third kappa shape index (κ3) is 26.0. The molecule has 0 amide bonds. The van der Waals surface area contributed by atoms with Gasteiger partial charge in [-0.2, -0.15) is 0 Å². The molecule has 0 saturated heterocycles. The molecule has 122 valence electrons. The molecule has 2 N–H and O–H groups in total. The van der Waals surface area contributed by atoms with Gasteiger partial charge in [0.05, 0.1) is 26.4 Å². The standard InChI is InChI=1S/C10H20O2.C5H12O3/c1-2-3-4-5-6-7-8-9-10(11)12;1-7-4-5-8-3-2-6/h2-9H2,1H3,(H,11,12);6H,2-5H2,1H3. The quantitative estimate of drug-likeness (QED) is 0.510. The number of hydrogen-bond donors (Lipinski definition) is 2. The normalized spacial score (nSPS) is 9.95. The Bertz CT molecular complexity index is 179. The van der Waals surface area contributed by atoms with E-state index in [-0.39, 0.29) is 6.61 Å². The summed E-state index contributed by atoms with van der Waals surface area (Å²) in [4.78, 5) is 10.1. The van der Waals surface area contributed by atoms with E-state index in [1.807, 2.05) is 0 Å². The maximum atomic E-state index is 10.1. The van der Waals surface area contributed by atoms with Crippen LogP contribution in [0, 0.1) is 0 Å². The largest absolute Gasteiger partial charge is 0.481 e. The van der Waals surface area contributed by atoms with Gasteiger partial charge in [-0.05, 0) is 6.42 Å². The lowest BCUT2D eigenvalue weighted by atomic mass is 10.1. The number of carboxylic acid groups (broad SMARTS) is 1. The van der Waals surface area contributed by atoms with Crippen molar-refractivity contribution in [3.05, 3.63) is 0 Å². The Balaban J connectivity index is 0. The molecule has 0 radical (unpaired) electrons. The molecule has 20 heavy (non-hydrogen) atoms. The zero-order valence-corrected chi connectivity index (χ0v) is 13.1. The predicted octanol–water partition coefficient (Wildman–Crippen LogP) is 2.85. The van der Waals surface area contributed by atoms with E-state index in [2.05, 4.69) is 11.7 Å². The van der Waals surface area contributed by atoms with Crippen molar-refractivity contribution >= 4 is 5.97 Å². The molecule has 0 aliphatic rings. The van der Waals surface area contributed by atoms with Gasteiger partial charge < -0.3 is 19.7 Å². The molecule has 0 atom stereocenters. The molecule has 0 aromatic heterocycles. The van der Waals surface area contributed by atoms with E-state index < -0.39 is 5.97 Å². The lowest BCUT2D eigenvalue weighted by Crippen LogP contribution is -2.05. The van der Waals surface area contributed by atoms with E-state index in [9.17, 15) is 4.79 Å². The number of hydrogen-bond acceptors (Lipinski definition) is 4. The van der Waals surface area contributed by atoms with Crippen LogP contribution in [0.5, 0.6) is 0 Å². The Kier molecular flexibility index (Phi) is 22.4. The van der Waals surface area contributed by atoms with Gasteiger partial charge in [-0.1, -0.05) is 45.4 Å². The Morgan fingerprint density at radius 2 is 1.55 bits per heavy atom. The Hall–Kier alpha value is -0.650. The predicted molar refractivity (Wildman–Crippen MR) is 80.0 cm³/mol. The minimum Gasteiger partial charge on any atom is -0.481 e. The average molecular weight is 292 g/mol. The van der Waals surface area contributed by atoms with Crippen LogP contribution in [-0.4, -0.2) is 49.7 Å². The van der Waals surface area contributed by atoms with Crippen LogP contribution < -0.4 is 0 Å². The van der Waals surface area contributed by atoms with Crippen molar-refractivity contribution in [2.75, 3.05) is 33.5 Å². The molecule has 5 heteroatoms. The van der Waals surface area contributed by atoms with Crippen molar-refractivity contribution < 1.29 is 24.5 Å². The molecule has 0 spiro atoms. The Morgan fingerprint density at radius 1 is 0.950 bits per heavy atom.